The van der Waals surface area contributed by atoms with Crippen molar-refractivity contribution in [1.82, 2.24) is 10.0 Å². The summed E-state index contributed by atoms with van der Waals surface area (Å²) in [5.41, 5.74) is 0. The second-order valence-corrected chi connectivity index (χ2v) is 8.87. The summed E-state index contributed by atoms with van der Waals surface area (Å²) in [7, 11) is -4.13. The third-order valence-corrected chi connectivity index (χ3v) is 6.02. The zero-order valence-electron chi connectivity index (χ0n) is 13.0. The van der Waals surface area contributed by atoms with Crippen LogP contribution in [0.3, 0.4) is 0 Å². The highest BCUT2D eigenvalue weighted by atomic mass is 79.9. The van der Waals surface area contributed by atoms with Crippen LogP contribution in [0.4, 0.5) is 0 Å². The Morgan fingerprint density at radius 1 is 1.32 bits per heavy atom. The van der Waals surface area contributed by atoms with Gasteiger partial charge in [0.25, 0.3) is 5.91 Å². The normalized spacial score (nSPS) is 15.5. The van der Waals surface area contributed by atoms with Gasteiger partial charge in [-0.25, -0.2) is 8.42 Å². The second-order valence-electron chi connectivity index (χ2n) is 5.44. The number of nitrogens with one attached hydrogen (secondary N) is 2. The topological polar surface area (TPSA) is 102 Å². The monoisotopic (exact) mass is 472 g/mol. The van der Waals surface area contributed by atoms with Crippen LogP contribution in [0.1, 0.15) is 19.8 Å². The van der Waals surface area contributed by atoms with Crippen molar-refractivity contribution >= 4 is 61.0 Å². The van der Waals surface area contributed by atoms with Gasteiger partial charge in [-0.3, -0.25) is 9.59 Å². The molecule has 138 valence electrons. The van der Waals surface area contributed by atoms with E-state index in [0.29, 0.717) is 4.47 Å². The summed E-state index contributed by atoms with van der Waals surface area (Å²) in [6.07, 6.45) is 0.791. The van der Waals surface area contributed by atoms with Gasteiger partial charge in [0.2, 0.25) is 10.0 Å². The van der Waals surface area contributed by atoms with Gasteiger partial charge >= 0.3 is 5.97 Å². The predicted molar refractivity (Wildman–Crippen MR) is 96.1 cm³/mol. The van der Waals surface area contributed by atoms with Crippen LogP contribution in [0.15, 0.2) is 21.5 Å². The van der Waals surface area contributed by atoms with Gasteiger partial charge in [0.05, 0.1) is 10.0 Å². The van der Waals surface area contributed by atoms with Crippen molar-refractivity contribution in [2.24, 2.45) is 0 Å². The lowest BCUT2D eigenvalue weighted by atomic mass is 10.3. The number of esters is 1. The highest BCUT2D eigenvalue weighted by molar-refractivity contribution is 9.10. The van der Waals surface area contributed by atoms with E-state index in [1.54, 1.807) is 0 Å². The highest BCUT2D eigenvalue weighted by Crippen LogP contribution is 2.32. The van der Waals surface area contributed by atoms with Crippen molar-refractivity contribution in [3.8, 4) is 0 Å². The Hall–Kier alpha value is -0.870. The standard InChI is InChI=1S/C14H15BrCl2N2O5S/c1-7(14(21)19-9-2-3-9)24-12(20)6-18-25(22,23)13-10(16)4-8(15)5-11(13)17/h4-5,7,9,18H,2-3,6H2,1H3,(H,19,21). The molecule has 1 aromatic carbocycles. The maximum atomic E-state index is 12.3. The van der Waals surface area contributed by atoms with Gasteiger partial charge in [-0.15, -0.1) is 0 Å². The lowest BCUT2D eigenvalue weighted by molar-refractivity contribution is -0.153. The molecule has 7 nitrogen and oxygen atoms in total. The first-order chi connectivity index (χ1) is 11.6. The molecule has 1 unspecified atom stereocenters. The summed E-state index contributed by atoms with van der Waals surface area (Å²) >= 11 is 15.0. The van der Waals surface area contributed by atoms with Crippen molar-refractivity contribution < 1.29 is 22.7 Å². The van der Waals surface area contributed by atoms with E-state index >= 15 is 0 Å². The quantitative estimate of drug-likeness (QED) is 0.591. The number of sulfonamides is 1. The fourth-order valence-corrected chi connectivity index (χ4v) is 4.75. The third-order valence-electron chi connectivity index (χ3n) is 3.24. The van der Waals surface area contributed by atoms with Crippen molar-refractivity contribution in [2.45, 2.75) is 36.8 Å². The van der Waals surface area contributed by atoms with Crippen LogP contribution in [0, 0.1) is 0 Å². The maximum Gasteiger partial charge on any atom is 0.321 e. The Morgan fingerprint density at radius 3 is 2.40 bits per heavy atom. The molecular formula is C14H15BrCl2N2O5S. The minimum Gasteiger partial charge on any atom is -0.452 e. The smallest absolute Gasteiger partial charge is 0.321 e. The van der Waals surface area contributed by atoms with Crippen LogP contribution in [0.5, 0.6) is 0 Å². The number of amides is 1. The molecule has 1 aliphatic rings. The Morgan fingerprint density at radius 2 is 1.88 bits per heavy atom. The lowest BCUT2D eigenvalue weighted by Crippen LogP contribution is -2.39. The summed E-state index contributed by atoms with van der Waals surface area (Å²) < 4.78 is 32.0. The Labute approximate surface area is 163 Å². The summed E-state index contributed by atoms with van der Waals surface area (Å²) in [5.74, 6) is -1.32. The zero-order chi connectivity index (χ0) is 18.8. The fourth-order valence-electron chi connectivity index (χ4n) is 1.85. The molecule has 1 amide bonds. The van der Waals surface area contributed by atoms with Crippen molar-refractivity contribution in [2.75, 3.05) is 6.54 Å². The largest absolute Gasteiger partial charge is 0.452 e. The van der Waals surface area contributed by atoms with E-state index in [9.17, 15) is 18.0 Å². The van der Waals surface area contributed by atoms with Crippen LogP contribution in [-0.4, -0.2) is 39.0 Å². The SMILES string of the molecule is CC(OC(=O)CNS(=O)(=O)c1c(Cl)cc(Br)cc1Cl)C(=O)NC1CC1. The van der Waals surface area contributed by atoms with Crippen LogP contribution in [-0.2, 0) is 24.3 Å². The predicted octanol–water partition coefficient (Wildman–Crippen LogP) is 2.24. The summed E-state index contributed by atoms with van der Waals surface area (Å²) in [6.45, 7) is 0.749. The molecule has 0 saturated heterocycles. The minimum absolute atomic E-state index is 0.0996. The summed E-state index contributed by atoms with van der Waals surface area (Å²) in [5, 5.41) is 2.48. The van der Waals surface area contributed by atoms with Crippen LogP contribution in [0.2, 0.25) is 10.0 Å². The van der Waals surface area contributed by atoms with Crippen molar-refractivity contribution in [1.29, 1.82) is 0 Å². The highest BCUT2D eigenvalue weighted by Gasteiger charge is 2.28. The van der Waals surface area contributed by atoms with Crippen LogP contribution < -0.4 is 10.0 Å². The number of ether oxygens (including phenoxy) is 1. The summed E-state index contributed by atoms with van der Waals surface area (Å²) in [6, 6.07) is 2.86. The molecule has 0 bridgehead atoms. The van der Waals surface area contributed by atoms with Gasteiger partial charge in [0.1, 0.15) is 11.4 Å². The Kier molecular flexibility index (Phi) is 6.72. The first-order valence-electron chi connectivity index (χ1n) is 7.24. The Balaban J connectivity index is 1.95. The molecule has 2 N–H and O–H groups in total. The molecule has 0 heterocycles. The first-order valence-corrected chi connectivity index (χ1v) is 10.3. The van der Waals surface area contributed by atoms with E-state index in [4.69, 9.17) is 27.9 Å². The molecule has 1 fully saturated rings. The number of hydrogen-bond acceptors (Lipinski definition) is 5. The molecule has 0 radical (unpaired) electrons. The summed E-state index contributed by atoms with van der Waals surface area (Å²) in [4.78, 5) is 23.1. The van der Waals surface area contributed by atoms with E-state index in [0.717, 1.165) is 12.8 Å². The van der Waals surface area contributed by atoms with E-state index in [-0.39, 0.29) is 21.0 Å². The number of carbonyl (C=O) groups is 2. The van der Waals surface area contributed by atoms with Crippen LogP contribution in [0.25, 0.3) is 0 Å². The average molecular weight is 474 g/mol. The maximum absolute atomic E-state index is 12.3. The van der Waals surface area contributed by atoms with Crippen molar-refractivity contribution in [3.63, 3.8) is 0 Å². The lowest BCUT2D eigenvalue weighted by Gasteiger charge is -2.14. The Bertz CT molecular complexity index is 775. The average Bonchev–Trinajstić information content (AvgIpc) is 3.27. The number of benzene rings is 1. The first kappa shape index (κ1) is 20.4. The molecular weight excluding hydrogens is 459 g/mol. The molecule has 1 aromatic rings. The number of halogens is 3. The molecule has 1 aliphatic carbocycles. The fraction of sp³-hybridized carbons (Fsp3) is 0.429. The van der Waals surface area contributed by atoms with Gasteiger partial charge in [-0.2, -0.15) is 4.72 Å². The van der Waals surface area contributed by atoms with E-state index in [1.807, 2.05) is 0 Å². The number of hydrogen-bond donors (Lipinski definition) is 2. The molecule has 1 saturated carbocycles. The van der Waals surface area contributed by atoms with Crippen molar-refractivity contribution in [3.05, 3.63) is 26.7 Å². The number of rotatable bonds is 7. The molecule has 0 aliphatic heterocycles. The number of carbonyl (C=O) groups excluding carboxylic acids is 2. The van der Waals surface area contributed by atoms with Gasteiger partial charge in [-0.1, -0.05) is 39.1 Å². The van der Waals surface area contributed by atoms with E-state index in [2.05, 4.69) is 26.0 Å². The van der Waals surface area contributed by atoms with Gasteiger partial charge in [0, 0.05) is 10.5 Å². The molecule has 11 heteroatoms. The van der Waals surface area contributed by atoms with E-state index < -0.39 is 34.5 Å². The van der Waals surface area contributed by atoms with Gasteiger partial charge in [0.15, 0.2) is 6.10 Å². The van der Waals surface area contributed by atoms with Gasteiger partial charge in [-0.05, 0) is 31.9 Å². The van der Waals surface area contributed by atoms with Crippen LogP contribution >= 0.6 is 39.1 Å². The molecule has 25 heavy (non-hydrogen) atoms. The second kappa shape index (κ2) is 8.22. The molecule has 2 rings (SSSR count). The van der Waals surface area contributed by atoms with E-state index in [1.165, 1.54) is 19.1 Å². The molecule has 0 aromatic heterocycles. The molecule has 1 atom stereocenters. The van der Waals surface area contributed by atoms with Gasteiger partial charge < -0.3 is 10.1 Å². The zero-order valence-corrected chi connectivity index (χ0v) is 16.9. The minimum atomic E-state index is -4.13. The molecule has 0 spiro atoms. The third kappa shape index (κ3) is 5.82.